The van der Waals surface area contributed by atoms with Crippen LogP contribution in [-0.4, -0.2) is 45.5 Å². The lowest BCUT2D eigenvalue weighted by Crippen LogP contribution is -2.27. The van der Waals surface area contributed by atoms with Gasteiger partial charge in [-0.1, -0.05) is 23.8 Å². The minimum absolute atomic E-state index is 0.283. The molecule has 0 fully saturated rings. The summed E-state index contributed by atoms with van der Waals surface area (Å²) in [5.74, 6) is -0.291. The van der Waals surface area contributed by atoms with Gasteiger partial charge >= 0.3 is 6.09 Å². The van der Waals surface area contributed by atoms with E-state index in [9.17, 15) is 9.59 Å². The number of unbranched alkanes of at least 4 members (excludes halogenated alkanes) is 1. The SMILES string of the molecule is Cc1nc(C(=O)NCCCCONO)cc2c3ccccc3n(C(=O)OC(C)(C)C)c12. The van der Waals surface area contributed by atoms with E-state index in [4.69, 9.17) is 9.94 Å². The molecule has 166 valence electrons. The van der Waals surface area contributed by atoms with Gasteiger partial charge in [0.25, 0.3) is 5.91 Å². The smallest absolute Gasteiger partial charge is 0.419 e. The zero-order valence-corrected chi connectivity index (χ0v) is 18.2. The van der Waals surface area contributed by atoms with E-state index in [-0.39, 0.29) is 11.6 Å². The minimum Gasteiger partial charge on any atom is -0.443 e. The third-order valence-electron chi connectivity index (χ3n) is 4.66. The summed E-state index contributed by atoms with van der Waals surface area (Å²) in [6, 6.07) is 9.21. The van der Waals surface area contributed by atoms with E-state index in [1.165, 1.54) is 4.57 Å². The van der Waals surface area contributed by atoms with Crippen LogP contribution in [0, 0.1) is 6.92 Å². The Morgan fingerprint density at radius 3 is 2.61 bits per heavy atom. The fourth-order valence-electron chi connectivity index (χ4n) is 3.42. The Morgan fingerprint density at radius 1 is 1.16 bits per heavy atom. The number of aromatic nitrogens is 2. The molecule has 3 aromatic rings. The molecule has 0 spiro atoms. The molecule has 2 heterocycles. The average molecular weight is 428 g/mol. The number of carbonyl (C=O) groups excluding carboxylic acids is 2. The number of pyridine rings is 1. The topological polar surface area (TPSA) is 115 Å². The summed E-state index contributed by atoms with van der Waals surface area (Å²) in [6.45, 7) is 8.01. The van der Waals surface area contributed by atoms with Crippen LogP contribution in [0.3, 0.4) is 0 Å². The maximum absolute atomic E-state index is 13.0. The third kappa shape index (κ3) is 5.19. The van der Waals surface area contributed by atoms with Crippen molar-refractivity contribution in [2.75, 3.05) is 13.2 Å². The zero-order valence-electron chi connectivity index (χ0n) is 18.2. The van der Waals surface area contributed by atoms with Crippen molar-refractivity contribution in [1.29, 1.82) is 0 Å². The number of aryl methyl sites for hydroxylation is 1. The van der Waals surface area contributed by atoms with Crippen LogP contribution in [0.15, 0.2) is 30.3 Å². The lowest BCUT2D eigenvalue weighted by atomic mass is 10.1. The zero-order chi connectivity index (χ0) is 22.6. The van der Waals surface area contributed by atoms with Crippen LogP contribution >= 0.6 is 0 Å². The van der Waals surface area contributed by atoms with Crippen molar-refractivity contribution in [1.82, 2.24) is 20.5 Å². The first-order valence-electron chi connectivity index (χ1n) is 10.2. The van der Waals surface area contributed by atoms with Gasteiger partial charge in [-0.15, -0.1) is 0 Å². The average Bonchev–Trinajstić information content (AvgIpc) is 3.04. The van der Waals surface area contributed by atoms with Crippen molar-refractivity contribution >= 4 is 33.8 Å². The Kier molecular flexibility index (Phi) is 6.89. The first-order valence-corrected chi connectivity index (χ1v) is 10.2. The summed E-state index contributed by atoms with van der Waals surface area (Å²) in [7, 11) is 0. The predicted molar refractivity (Wildman–Crippen MR) is 116 cm³/mol. The number of benzene rings is 1. The monoisotopic (exact) mass is 428 g/mol. The first-order chi connectivity index (χ1) is 14.7. The molecule has 9 nitrogen and oxygen atoms in total. The van der Waals surface area contributed by atoms with Crippen LogP contribution in [-0.2, 0) is 9.57 Å². The number of hydrogen-bond acceptors (Lipinski definition) is 7. The van der Waals surface area contributed by atoms with Gasteiger partial charge in [-0.3, -0.25) is 14.8 Å². The molecule has 0 aliphatic heterocycles. The number of nitrogens with one attached hydrogen (secondary N) is 2. The third-order valence-corrected chi connectivity index (χ3v) is 4.66. The van der Waals surface area contributed by atoms with Gasteiger partial charge < -0.3 is 10.1 Å². The molecular formula is C22H28N4O5. The van der Waals surface area contributed by atoms with Gasteiger partial charge in [0, 0.05) is 17.3 Å². The highest BCUT2D eigenvalue weighted by Gasteiger charge is 2.24. The van der Waals surface area contributed by atoms with Crippen molar-refractivity contribution < 1.29 is 24.4 Å². The minimum atomic E-state index is -0.645. The van der Waals surface area contributed by atoms with Crippen LogP contribution in [0.25, 0.3) is 21.8 Å². The van der Waals surface area contributed by atoms with Gasteiger partial charge in [0.1, 0.15) is 11.3 Å². The lowest BCUT2D eigenvalue weighted by molar-refractivity contribution is -0.127. The van der Waals surface area contributed by atoms with Crippen LogP contribution in [0.1, 0.15) is 49.8 Å². The molecular weight excluding hydrogens is 400 g/mol. The fourth-order valence-corrected chi connectivity index (χ4v) is 3.42. The van der Waals surface area contributed by atoms with Crippen LogP contribution in [0.2, 0.25) is 0 Å². The summed E-state index contributed by atoms with van der Waals surface area (Å²) in [6.07, 6.45) is 0.871. The van der Waals surface area contributed by atoms with Crippen LogP contribution in [0.5, 0.6) is 0 Å². The van der Waals surface area contributed by atoms with E-state index in [0.717, 1.165) is 10.8 Å². The van der Waals surface area contributed by atoms with Crippen molar-refractivity contribution in [2.45, 2.75) is 46.1 Å². The van der Waals surface area contributed by atoms with Crippen molar-refractivity contribution in [3.8, 4) is 0 Å². The number of carbonyl (C=O) groups is 2. The number of rotatable bonds is 7. The second-order valence-corrected chi connectivity index (χ2v) is 8.22. The van der Waals surface area contributed by atoms with Crippen molar-refractivity contribution in [2.24, 2.45) is 0 Å². The molecule has 0 unspecified atom stereocenters. The van der Waals surface area contributed by atoms with Crippen LogP contribution in [0.4, 0.5) is 4.79 Å². The van der Waals surface area contributed by atoms with Crippen molar-refractivity contribution in [3.63, 3.8) is 0 Å². The Balaban J connectivity index is 1.94. The Hall–Kier alpha value is -3.01. The van der Waals surface area contributed by atoms with E-state index in [2.05, 4.69) is 15.1 Å². The second kappa shape index (κ2) is 9.42. The van der Waals surface area contributed by atoms with E-state index in [0.29, 0.717) is 42.7 Å². The highest BCUT2D eigenvalue weighted by Crippen LogP contribution is 2.31. The molecule has 0 atom stereocenters. The number of nitrogens with zero attached hydrogens (tertiary/aromatic N) is 2. The van der Waals surface area contributed by atoms with Gasteiger partial charge in [0.15, 0.2) is 0 Å². The van der Waals surface area contributed by atoms with Gasteiger partial charge in [-0.25, -0.2) is 14.3 Å². The highest BCUT2D eigenvalue weighted by atomic mass is 16.8. The molecule has 2 aromatic heterocycles. The van der Waals surface area contributed by atoms with Gasteiger partial charge in [-0.05, 0) is 52.7 Å². The molecule has 1 amide bonds. The van der Waals surface area contributed by atoms with Gasteiger partial charge in [0.05, 0.1) is 23.3 Å². The summed E-state index contributed by atoms with van der Waals surface area (Å²) in [5.41, 5.74) is 3.15. The van der Waals surface area contributed by atoms with E-state index in [1.807, 2.05) is 45.0 Å². The molecule has 0 aliphatic carbocycles. The number of fused-ring (bicyclic) bond motifs is 3. The van der Waals surface area contributed by atoms with Gasteiger partial charge in [-0.2, -0.15) is 0 Å². The number of hydrogen-bond donors (Lipinski definition) is 3. The number of amides is 1. The maximum Gasteiger partial charge on any atom is 0.419 e. The Labute approximate surface area is 180 Å². The summed E-state index contributed by atoms with van der Waals surface area (Å²) in [4.78, 5) is 34.7. The quantitative estimate of drug-likeness (QED) is 0.388. The molecule has 3 rings (SSSR count). The van der Waals surface area contributed by atoms with Crippen LogP contribution < -0.4 is 11.0 Å². The first kappa shape index (κ1) is 22.7. The summed E-state index contributed by atoms with van der Waals surface area (Å²) < 4.78 is 7.13. The molecule has 9 heteroatoms. The summed E-state index contributed by atoms with van der Waals surface area (Å²) >= 11 is 0. The number of ether oxygens (including phenoxy) is 1. The Morgan fingerprint density at radius 2 is 1.90 bits per heavy atom. The van der Waals surface area contributed by atoms with E-state index >= 15 is 0 Å². The van der Waals surface area contributed by atoms with E-state index in [1.54, 1.807) is 18.6 Å². The highest BCUT2D eigenvalue weighted by molar-refractivity contribution is 6.14. The molecule has 0 bridgehead atoms. The van der Waals surface area contributed by atoms with E-state index < -0.39 is 11.7 Å². The molecule has 3 N–H and O–H groups in total. The summed E-state index contributed by atoms with van der Waals surface area (Å²) in [5, 5.41) is 12.8. The number of para-hydroxylation sites is 1. The molecule has 1 aromatic carbocycles. The standard InChI is InChI=1S/C22H28N4O5/c1-14-19-16(13-17(24-14)20(27)23-11-7-8-12-30-25-29)15-9-5-6-10-18(15)26(19)21(28)31-22(2,3)4/h5-6,9-10,13,25,29H,7-8,11-12H2,1-4H3,(H,23,27). The predicted octanol–water partition coefficient (Wildman–Crippen LogP) is 3.70. The Bertz CT molecular complexity index is 1100. The normalized spacial score (nSPS) is 11.8. The van der Waals surface area contributed by atoms with Gasteiger partial charge in [0.2, 0.25) is 0 Å². The van der Waals surface area contributed by atoms with Crippen molar-refractivity contribution in [3.05, 3.63) is 41.7 Å². The molecule has 0 saturated carbocycles. The lowest BCUT2D eigenvalue weighted by Gasteiger charge is -2.20. The maximum atomic E-state index is 13.0. The second-order valence-electron chi connectivity index (χ2n) is 8.22. The largest absolute Gasteiger partial charge is 0.443 e. The molecule has 31 heavy (non-hydrogen) atoms. The molecule has 0 saturated heterocycles. The molecule has 0 aliphatic rings. The molecule has 0 radical (unpaired) electrons. The fraction of sp³-hybridized carbons (Fsp3) is 0.409.